The lowest BCUT2D eigenvalue weighted by Gasteiger charge is -2.03. The lowest BCUT2D eigenvalue weighted by atomic mass is 10.1. The maximum absolute atomic E-state index is 13.1. The molecule has 2 N–H and O–H groups in total. The lowest BCUT2D eigenvalue weighted by Crippen LogP contribution is -1.95. The van der Waals surface area contributed by atoms with Gasteiger partial charge in [0, 0.05) is 11.6 Å². The van der Waals surface area contributed by atoms with Gasteiger partial charge in [0.2, 0.25) is 0 Å². The van der Waals surface area contributed by atoms with Crippen LogP contribution >= 0.6 is 0 Å². The molecular formula is C14H11FN2O. The summed E-state index contributed by atoms with van der Waals surface area (Å²) < 4.78 is 18.7. The smallest absolute Gasteiger partial charge is 0.155 e. The van der Waals surface area contributed by atoms with Crippen LogP contribution in [0.5, 0.6) is 0 Å². The summed E-state index contributed by atoms with van der Waals surface area (Å²) in [6, 6.07) is 7.97. The van der Waals surface area contributed by atoms with Gasteiger partial charge in [-0.25, -0.2) is 4.39 Å². The number of aryl methyl sites for hydroxylation is 1. The number of anilines is 1. The van der Waals surface area contributed by atoms with Gasteiger partial charge in [-0.05, 0) is 42.8 Å². The fourth-order valence-corrected chi connectivity index (χ4v) is 1.90. The minimum Gasteiger partial charge on any atom is -0.454 e. The van der Waals surface area contributed by atoms with Crippen molar-refractivity contribution in [2.75, 3.05) is 5.73 Å². The van der Waals surface area contributed by atoms with E-state index < -0.39 is 0 Å². The van der Waals surface area contributed by atoms with Gasteiger partial charge in [0.1, 0.15) is 17.1 Å². The molecule has 4 heteroatoms. The summed E-state index contributed by atoms with van der Waals surface area (Å²) in [5, 5.41) is 0.702. The van der Waals surface area contributed by atoms with Crippen molar-refractivity contribution >= 4 is 16.7 Å². The number of rotatable bonds is 1. The van der Waals surface area contributed by atoms with Crippen molar-refractivity contribution in [2.24, 2.45) is 0 Å². The number of halogens is 1. The molecular weight excluding hydrogens is 231 g/mol. The van der Waals surface area contributed by atoms with E-state index in [1.54, 1.807) is 18.3 Å². The van der Waals surface area contributed by atoms with Crippen molar-refractivity contribution in [3.8, 4) is 11.5 Å². The van der Waals surface area contributed by atoms with E-state index in [9.17, 15) is 4.39 Å². The molecule has 0 unspecified atom stereocenters. The molecule has 0 saturated heterocycles. The first-order valence-electron chi connectivity index (χ1n) is 5.56. The van der Waals surface area contributed by atoms with Crippen molar-refractivity contribution < 1.29 is 8.81 Å². The zero-order valence-corrected chi connectivity index (χ0v) is 9.77. The molecule has 3 aromatic rings. The molecule has 3 nitrogen and oxygen atoms in total. The lowest BCUT2D eigenvalue weighted by molar-refractivity contribution is 0.618. The van der Waals surface area contributed by atoms with E-state index in [1.165, 1.54) is 12.1 Å². The van der Waals surface area contributed by atoms with Gasteiger partial charge in [-0.1, -0.05) is 0 Å². The number of nitrogens with two attached hydrogens (primary N) is 1. The summed E-state index contributed by atoms with van der Waals surface area (Å²) in [6.45, 7) is 1.91. The molecule has 0 saturated carbocycles. The fraction of sp³-hybridized carbons (Fsp3) is 0.0714. The second-order valence-electron chi connectivity index (χ2n) is 4.18. The standard InChI is InChI=1S/C14H11FN2O/c1-8-4-5-17-14(13(8)16)12-7-9-6-10(15)2-3-11(9)18-12/h2-7H,16H2,1H3. The van der Waals surface area contributed by atoms with Crippen LogP contribution in [0.15, 0.2) is 40.9 Å². The first-order valence-corrected chi connectivity index (χ1v) is 5.56. The Morgan fingerprint density at radius 3 is 2.89 bits per heavy atom. The minimum absolute atomic E-state index is 0.292. The summed E-state index contributed by atoms with van der Waals surface area (Å²) in [5.74, 6) is 0.261. The zero-order chi connectivity index (χ0) is 12.7. The summed E-state index contributed by atoms with van der Waals surface area (Å²) >= 11 is 0. The van der Waals surface area contributed by atoms with Gasteiger partial charge >= 0.3 is 0 Å². The molecule has 0 amide bonds. The molecule has 18 heavy (non-hydrogen) atoms. The highest BCUT2D eigenvalue weighted by atomic mass is 19.1. The maximum Gasteiger partial charge on any atom is 0.155 e. The highest BCUT2D eigenvalue weighted by Crippen LogP contribution is 2.31. The number of hydrogen-bond donors (Lipinski definition) is 1. The van der Waals surface area contributed by atoms with E-state index in [2.05, 4.69) is 4.98 Å². The van der Waals surface area contributed by atoms with E-state index in [0.29, 0.717) is 28.1 Å². The third-order valence-electron chi connectivity index (χ3n) is 2.92. The zero-order valence-electron chi connectivity index (χ0n) is 9.77. The Kier molecular flexibility index (Phi) is 2.30. The third-order valence-corrected chi connectivity index (χ3v) is 2.92. The van der Waals surface area contributed by atoms with Crippen LogP contribution in [0.25, 0.3) is 22.4 Å². The molecule has 0 radical (unpaired) electrons. The van der Waals surface area contributed by atoms with Gasteiger partial charge in [0.15, 0.2) is 5.76 Å². The largest absolute Gasteiger partial charge is 0.454 e. The molecule has 2 heterocycles. The van der Waals surface area contributed by atoms with Gasteiger partial charge in [0.25, 0.3) is 0 Å². The molecule has 0 aliphatic heterocycles. The first-order chi connectivity index (χ1) is 8.65. The molecule has 0 aliphatic carbocycles. The van der Waals surface area contributed by atoms with E-state index in [4.69, 9.17) is 10.2 Å². The summed E-state index contributed by atoms with van der Waals surface area (Å²) in [6.07, 6.45) is 1.68. The quantitative estimate of drug-likeness (QED) is 0.710. The van der Waals surface area contributed by atoms with E-state index in [1.807, 2.05) is 13.0 Å². The monoisotopic (exact) mass is 242 g/mol. The van der Waals surface area contributed by atoms with Crippen LogP contribution in [-0.4, -0.2) is 4.98 Å². The number of fused-ring (bicyclic) bond motifs is 1. The Labute approximate surface area is 103 Å². The summed E-state index contributed by atoms with van der Waals surface area (Å²) in [5.41, 5.74) is 8.70. The Morgan fingerprint density at radius 1 is 1.22 bits per heavy atom. The minimum atomic E-state index is -0.292. The molecule has 0 aliphatic rings. The van der Waals surface area contributed by atoms with Crippen LogP contribution in [0.2, 0.25) is 0 Å². The second kappa shape index (κ2) is 3.84. The van der Waals surface area contributed by atoms with Crippen LogP contribution in [0.3, 0.4) is 0 Å². The Balaban J connectivity index is 2.22. The van der Waals surface area contributed by atoms with Crippen molar-refractivity contribution in [2.45, 2.75) is 6.92 Å². The number of aromatic nitrogens is 1. The molecule has 0 bridgehead atoms. The van der Waals surface area contributed by atoms with Gasteiger partial charge < -0.3 is 10.2 Å². The van der Waals surface area contributed by atoms with Crippen LogP contribution in [0.1, 0.15) is 5.56 Å². The third kappa shape index (κ3) is 1.62. The van der Waals surface area contributed by atoms with Crippen molar-refractivity contribution in [3.63, 3.8) is 0 Å². The van der Waals surface area contributed by atoms with Gasteiger partial charge in [0.05, 0.1) is 5.69 Å². The predicted molar refractivity (Wildman–Crippen MR) is 68.6 cm³/mol. The topological polar surface area (TPSA) is 52.0 Å². The van der Waals surface area contributed by atoms with Crippen molar-refractivity contribution in [1.29, 1.82) is 0 Å². The van der Waals surface area contributed by atoms with Gasteiger partial charge in [-0.2, -0.15) is 0 Å². The van der Waals surface area contributed by atoms with Crippen molar-refractivity contribution in [1.82, 2.24) is 4.98 Å². The van der Waals surface area contributed by atoms with Gasteiger partial charge in [-0.3, -0.25) is 4.98 Å². The molecule has 90 valence electrons. The normalized spacial score (nSPS) is 11.0. The number of benzene rings is 1. The summed E-state index contributed by atoms with van der Waals surface area (Å²) in [7, 11) is 0. The first kappa shape index (κ1) is 10.8. The van der Waals surface area contributed by atoms with Crippen LogP contribution in [-0.2, 0) is 0 Å². The van der Waals surface area contributed by atoms with Crippen molar-refractivity contribution in [3.05, 3.63) is 47.9 Å². The van der Waals surface area contributed by atoms with Crippen LogP contribution < -0.4 is 5.73 Å². The van der Waals surface area contributed by atoms with Crippen LogP contribution in [0.4, 0.5) is 10.1 Å². The average Bonchev–Trinajstić information content (AvgIpc) is 2.75. The Hall–Kier alpha value is -2.36. The highest BCUT2D eigenvalue weighted by molar-refractivity contribution is 5.84. The van der Waals surface area contributed by atoms with E-state index >= 15 is 0 Å². The van der Waals surface area contributed by atoms with Gasteiger partial charge in [-0.15, -0.1) is 0 Å². The maximum atomic E-state index is 13.1. The molecule has 0 spiro atoms. The number of furan rings is 1. The Morgan fingerprint density at radius 2 is 2.06 bits per heavy atom. The molecule has 0 fully saturated rings. The van der Waals surface area contributed by atoms with E-state index in [0.717, 1.165) is 5.56 Å². The molecule has 3 rings (SSSR count). The second-order valence-corrected chi connectivity index (χ2v) is 4.18. The number of hydrogen-bond acceptors (Lipinski definition) is 3. The molecule has 2 aromatic heterocycles. The number of pyridine rings is 1. The van der Waals surface area contributed by atoms with Crippen LogP contribution in [0, 0.1) is 12.7 Å². The average molecular weight is 242 g/mol. The molecule has 1 aromatic carbocycles. The SMILES string of the molecule is Cc1ccnc(-c2cc3cc(F)ccc3o2)c1N. The highest BCUT2D eigenvalue weighted by Gasteiger charge is 2.12. The number of nitrogen functional groups attached to an aromatic ring is 1. The molecule has 0 atom stereocenters. The summed E-state index contributed by atoms with van der Waals surface area (Å²) in [4.78, 5) is 4.21. The fourth-order valence-electron chi connectivity index (χ4n) is 1.90. The van der Waals surface area contributed by atoms with E-state index in [-0.39, 0.29) is 5.82 Å². The predicted octanol–water partition coefficient (Wildman–Crippen LogP) is 3.52. The number of nitrogens with zero attached hydrogens (tertiary/aromatic N) is 1. The Bertz CT molecular complexity index is 734.